The van der Waals surface area contributed by atoms with Gasteiger partial charge in [0.1, 0.15) is 12.1 Å². The maximum Gasteiger partial charge on any atom is 0.130 e. The third-order valence-electron chi connectivity index (χ3n) is 5.09. The highest BCUT2D eigenvalue weighted by Crippen LogP contribution is 2.25. The van der Waals surface area contributed by atoms with Crippen LogP contribution in [0.5, 0.6) is 0 Å². The average molecular weight is 498 g/mol. The summed E-state index contributed by atoms with van der Waals surface area (Å²) in [5, 5.41) is 4.19. The van der Waals surface area contributed by atoms with E-state index >= 15 is 0 Å². The van der Waals surface area contributed by atoms with Gasteiger partial charge in [-0.3, -0.25) is 5.14 Å². The summed E-state index contributed by atoms with van der Waals surface area (Å²) in [4.78, 5) is 10.9. The fraction of sp³-hybridized carbons (Fsp3) is 0.571. The summed E-state index contributed by atoms with van der Waals surface area (Å²) in [6.07, 6.45) is 15.8. The zero-order valence-corrected chi connectivity index (χ0v) is 23.5. The molecule has 5 heteroatoms. The third kappa shape index (κ3) is 22.3. The standard InChI is InChI=1S/C21H27FO.C5H12.C2H6S.H3NS/c1-4-6-11-18(16-23)12-9-7-8-10-17(3)20-13-14-21(22)19(5-2)15-20;1-4-5(2)3;1-3-2;1-2/h5-6,13-18H,1-2,7-12H2,3H3;5H,4H2,1-3H3;1-2H3;2H,1H2. The van der Waals surface area contributed by atoms with Gasteiger partial charge in [0.2, 0.25) is 0 Å². The Morgan fingerprint density at radius 2 is 1.70 bits per heavy atom. The number of rotatable bonds is 12. The van der Waals surface area contributed by atoms with E-state index in [1.165, 1.54) is 12.5 Å². The molecule has 2 nitrogen and oxygen atoms in total. The summed E-state index contributed by atoms with van der Waals surface area (Å²) >= 11 is 4.78. The monoisotopic (exact) mass is 497 g/mol. The molecule has 0 aliphatic rings. The number of carbonyl (C=O) groups is 1. The topological polar surface area (TPSA) is 43.1 Å². The summed E-state index contributed by atoms with van der Waals surface area (Å²) < 4.78 is 13.5. The fourth-order valence-electron chi connectivity index (χ4n) is 2.70. The summed E-state index contributed by atoms with van der Waals surface area (Å²) in [5.74, 6) is 1.16. The van der Waals surface area contributed by atoms with Crippen molar-refractivity contribution in [3.05, 3.63) is 60.1 Å². The number of unbranched alkanes of at least 4 members (excludes halogenated alkanes) is 2. The number of thioether (sulfide) groups is 1. The molecular weight excluding hydrogens is 449 g/mol. The van der Waals surface area contributed by atoms with Crippen molar-refractivity contribution in [2.45, 2.75) is 78.6 Å². The quantitative estimate of drug-likeness (QED) is 0.131. The van der Waals surface area contributed by atoms with Crippen molar-refractivity contribution in [1.29, 1.82) is 0 Å². The first kappa shape index (κ1) is 36.3. The Hall–Kier alpha value is -1.26. The Kier molecular flexibility index (Phi) is 29.7. The summed E-state index contributed by atoms with van der Waals surface area (Å²) in [5.41, 5.74) is 4.44. The van der Waals surface area contributed by atoms with Gasteiger partial charge < -0.3 is 4.79 Å². The SMILES string of the molecule is C=C=CCC(C=O)CCCCCC(C)c1ccc(F)c(C=C)c1.CCC(C)C.CSC.NS. The molecule has 0 fully saturated rings. The van der Waals surface area contributed by atoms with Crippen LogP contribution in [-0.4, -0.2) is 18.8 Å². The van der Waals surface area contributed by atoms with Crippen molar-refractivity contribution in [3.63, 3.8) is 0 Å². The van der Waals surface area contributed by atoms with Crippen molar-refractivity contribution in [1.82, 2.24) is 0 Å². The van der Waals surface area contributed by atoms with Crippen LogP contribution in [0.25, 0.3) is 6.08 Å². The Morgan fingerprint density at radius 3 is 2.15 bits per heavy atom. The molecule has 2 N–H and O–H groups in total. The lowest BCUT2D eigenvalue weighted by Gasteiger charge is -2.13. The first-order valence-corrected chi connectivity index (χ1v) is 13.8. The van der Waals surface area contributed by atoms with Gasteiger partial charge in [-0.05, 0) is 67.4 Å². The molecule has 0 aliphatic heterocycles. The van der Waals surface area contributed by atoms with E-state index in [0.717, 1.165) is 56.3 Å². The lowest BCUT2D eigenvalue weighted by molar-refractivity contribution is -0.111. The van der Waals surface area contributed by atoms with Crippen LogP contribution in [0.3, 0.4) is 0 Å². The van der Waals surface area contributed by atoms with Gasteiger partial charge in [0.05, 0.1) is 0 Å². The van der Waals surface area contributed by atoms with Crippen LogP contribution in [0.2, 0.25) is 0 Å². The number of aldehydes is 1. The Bertz CT molecular complexity index is 643. The maximum absolute atomic E-state index is 13.5. The van der Waals surface area contributed by atoms with Crippen molar-refractivity contribution in [2.75, 3.05) is 12.5 Å². The van der Waals surface area contributed by atoms with Crippen molar-refractivity contribution in [3.8, 4) is 0 Å². The van der Waals surface area contributed by atoms with E-state index in [9.17, 15) is 9.18 Å². The zero-order chi connectivity index (χ0) is 26.1. The molecule has 2 atom stereocenters. The zero-order valence-electron chi connectivity index (χ0n) is 21.8. The summed E-state index contributed by atoms with van der Waals surface area (Å²) in [7, 11) is 0. The molecule has 0 spiro atoms. The largest absolute Gasteiger partial charge is 0.303 e. The first-order chi connectivity index (χ1) is 15.8. The smallest absolute Gasteiger partial charge is 0.130 e. The van der Waals surface area contributed by atoms with Crippen LogP contribution in [0.4, 0.5) is 4.39 Å². The highest BCUT2D eigenvalue weighted by molar-refractivity contribution is 7.97. The van der Waals surface area contributed by atoms with Crippen molar-refractivity contribution < 1.29 is 9.18 Å². The molecule has 190 valence electrons. The van der Waals surface area contributed by atoms with Gasteiger partial charge in [0, 0.05) is 11.5 Å². The van der Waals surface area contributed by atoms with E-state index < -0.39 is 0 Å². The van der Waals surface area contributed by atoms with Crippen LogP contribution >= 0.6 is 24.6 Å². The maximum atomic E-state index is 13.5. The number of carbonyl (C=O) groups excluding carboxylic acids is 1. The van der Waals surface area contributed by atoms with Crippen LogP contribution in [0.1, 0.15) is 89.7 Å². The highest BCUT2D eigenvalue weighted by atomic mass is 32.2. The normalized spacial score (nSPS) is 11.2. The van der Waals surface area contributed by atoms with Gasteiger partial charge in [-0.2, -0.15) is 11.8 Å². The Labute approximate surface area is 213 Å². The highest BCUT2D eigenvalue weighted by Gasteiger charge is 2.09. The third-order valence-corrected chi connectivity index (χ3v) is 5.09. The molecule has 2 unspecified atom stereocenters. The average Bonchev–Trinajstić information content (AvgIpc) is 2.83. The number of benzene rings is 1. The molecule has 0 radical (unpaired) electrons. The number of allylic oxidation sites excluding steroid dienone is 1. The van der Waals surface area contributed by atoms with Crippen LogP contribution < -0.4 is 5.14 Å². The van der Waals surface area contributed by atoms with Crippen LogP contribution in [-0.2, 0) is 4.79 Å². The van der Waals surface area contributed by atoms with E-state index in [-0.39, 0.29) is 11.7 Å². The second-order valence-electron chi connectivity index (χ2n) is 8.27. The van der Waals surface area contributed by atoms with Gasteiger partial charge in [0.25, 0.3) is 0 Å². The second kappa shape index (κ2) is 27.0. The van der Waals surface area contributed by atoms with Crippen molar-refractivity contribution >= 4 is 36.9 Å². The molecule has 1 aromatic rings. The van der Waals surface area contributed by atoms with E-state index in [4.69, 9.17) is 0 Å². The lowest BCUT2D eigenvalue weighted by atomic mass is 9.92. The molecule has 0 aromatic heterocycles. The molecule has 0 aliphatic carbocycles. The summed E-state index contributed by atoms with van der Waals surface area (Å²) in [6, 6.07) is 5.26. The molecule has 0 saturated heterocycles. The van der Waals surface area contributed by atoms with E-state index in [2.05, 4.69) is 64.5 Å². The summed E-state index contributed by atoms with van der Waals surface area (Å²) in [6.45, 7) is 16.0. The number of hydrogen-bond donors (Lipinski definition) is 2. The van der Waals surface area contributed by atoms with Crippen molar-refractivity contribution in [2.24, 2.45) is 17.0 Å². The molecule has 1 aromatic carbocycles. The fourth-order valence-corrected chi connectivity index (χ4v) is 2.70. The predicted octanol–water partition coefficient (Wildman–Crippen LogP) is 8.89. The second-order valence-corrected chi connectivity index (χ2v) is 9.09. The molecule has 1 rings (SSSR count). The van der Waals surface area contributed by atoms with E-state index in [1.807, 2.05) is 30.7 Å². The number of halogens is 1. The minimum absolute atomic E-state index is 0.0916. The number of nitrogens with two attached hydrogens (primary N) is 1. The molecule has 0 amide bonds. The number of hydrogen-bond acceptors (Lipinski definition) is 4. The minimum atomic E-state index is -0.218. The Morgan fingerprint density at radius 1 is 1.15 bits per heavy atom. The number of thiol groups is 1. The molecule has 0 saturated carbocycles. The van der Waals surface area contributed by atoms with E-state index in [0.29, 0.717) is 11.5 Å². The molecular formula is C28H48FNOS2. The lowest BCUT2D eigenvalue weighted by Crippen LogP contribution is -2.00. The van der Waals surface area contributed by atoms with Crippen LogP contribution in [0, 0.1) is 17.7 Å². The van der Waals surface area contributed by atoms with Gasteiger partial charge in [-0.1, -0.05) is 78.7 Å². The predicted molar refractivity (Wildman–Crippen MR) is 154 cm³/mol. The van der Waals surface area contributed by atoms with E-state index in [1.54, 1.807) is 17.8 Å². The molecule has 33 heavy (non-hydrogen) atoms. The minimum Gasteiger partial charge on any atom is -0.303 e. The Balaban J connectivity index is -0.000000763. The molecule has 0 heterocycles. The molecule has 0 bridgehead atoms. The van der Waals surface area contributed by atoms with Gasteiger partial charge >= 0.3 is 0 Å². The van der Waals surface area contributed by atoms with Gasteiger partial charge in [0.15, 0.2) is 0 Å². The first-order valence-electron chi connectivity index (χ1n) is 11.7. The van der Waals surface area contributed by atoms with Crippen LogP contribution in [0.15, 0.2) is 43.2 Å². The van der Waals surface area contributed by atoms with Gasteiger partial charge in [-0.15, -0.1) is 18.5 Å². The van der Waals surface area contributed by atoms with Gasteiger partial charge in [-0.25, -0.2) is 4.39 Å².